The Bertz CT molecular complexity index is 967. The first-order valence-electron chi connectivity index (χ1n) is 9.08. The molecule has 3 aromatic rings. The van der Waals surface area contributed by atoms with Crippen LogP contribution in [0.2, 0.25) is 0 Å². The number of nitrogens with zero attached hydrogens (tertiary/aromatic N) is 1. The summed E-state index contributed by atoms with van der Waals surface area (Å²) in [6.45, 7) is 5.48. The molecule has 1 aromatic heterocycles. The summed E-state index contributed by atoms with van der Waals surface area (Å²) < 4.78 is 24.7. The van der Waals surface area contributed by atoms with Gasteiger partial charge in [0, 0.05) is 11.9 Å². The van der Waals surface area contributed by atoms with Crippen LogP contribution < -0.4 is 10.1 Å². The van der Waals surface area contributed by atoms with Crippen molar-refractivity contribution in [1.29, 1.82) is 0 Å². The first-order chi connectivity index (χ1) is 13.8. The first-order valence-corrected chi connectivity index (χ1v) is 9.96. The number of halogens is 1. The molecule has 0 spiro atoms. The van der Waals surface area contributed by atoms with E-state index in [1.807, 2.05) is 26.8 Å². The van der Waals surface area contributed by atoms with Crippen LogP contribution in [0.25, 0.3) is 0 Å². The van der Waals surface area contributed by atoms with E-state index in [2.05, 4.69) is 10.3 Å². The fourth-order valence-corrected chi connectivity index (χ4v) is 3.45. The highest BCUT2D eigenvalue weighted by Gasteiger charge is 2.20. The van der Waals surface area contributed by atoms with Crippen LogP contribution in [0.1, 0.15) is 47.6 Å². The van der Waals surface area contributed by atoms with Crippen molar-refractivity contribution >= 4 is 23.0 Å². The van der Waals surface area contributed by atoms with Crippen LogP contribution in [0.3, 0.4) is 0 Å². The van der Waals surface area contributed by atoms with Crippen LogP contribution in [-0.2, 0) is 4.74 Å². The summed E-state index contributed by atoms with van der Waals surface area (Å²) in [6.07, 6.45) is 1.75. The highest BCUT2D eigenvalue weighted by Crippen LogP contribution is 2.31. The van der Waals surface area contributed by atoms with E-state index in [4.69, 9.17) is 9.47 Å². The lowest BCUT2D eigenvalue weighted by Crippen LogP contribution is -2.23. The Hall–Kier alpha value is -2.93. The summed E-state index contributed by atoms with van der Waals surface area (Å²) in [5.74, 6) is -0.611. The largest absolute Gasteiger partial charge is 0.494 e. The molecule has 1 heterocycles. The number of carbonyl (C=O) groups excluding carboxylic acids is 1. The van der Waals surface area contributed by atoms with Crippen molar-refractivity contribution in [2.45, 2.75) is 32.4 Å². The van der Waals surface area contributed by atoms with E-state index < -0.39 is 11.4 Å². The minimum atomic E-state index is -0.552. The highest BCUT2D eigenvalue weighted by molar-refractivity contribution is 7.09. The molecule has 0 aliphatic rings. The van der Waals surface area contributed by atoms with E-state index in [1.165, 1.54) is 24.5 Å². The number of carbonyl (C=O) groups is 1. The maximum atomic E-state index is 14.3. The predicted molar refractivity (Wildman–Crippen MR) is 112 cm³/mol. The summed E-state index contributed by atoms with van der Waals surface area (Å²) in [6, 6.07) is 11.6. The minimum absolute atomic E-state index is 0.193. The molecule has 0 radical (unpaired) electrons. The molecule has 0 aliphatic carbocycles. The Morgan fingerprint density at radius 1 is 1.17 bits per heavy atom. The van der Waals surface area contributed by atoms with Crippen molar-refractivity contribution < 1.29 is 18.7 Å². The highest BCUT2D eigenvalue weighted by atomic mass is 32.1. The Kier molecular flexibility index (Phi) is 6.17. The molecule has 1 atom stereocenters. The number of hydrogen-bond donors (Lipinski definition) is 1. The fraction of sp³-hybridized carbons (Fsp3) is 0.273. The van der Waals surface area contributed by atoms with E-state index in [9.17, 15) is 9.18 Å². The number of nitrogens with one attached hydrogen (secondary N) is 1. The monoisotopic (exact) mass is 414 g/mol. The quantitative estimate of drug-likeness (QED) is 0.544. The standard InChI is InChI=1S/C22H23FN2O3S/c1-22(2,3)28-21(26)14-5-8-16(9-6-14)25-20(19-12-24-13-29-19)15-7-10-18(27-4)17(23)11-15/h5-13,20,25H,1-4H3. The third kappa shape index (κ3) is 5.32. The van der Waals surface area contributed by atoms with Crippen LogP contribution >= 0.6 is 11.3 Å². The van der Waals surface area contributed by atoms with Crippen LogP contribution in [0.15, 0.2) is 54.2 Å². The molecule has 152 valence electrons. The molecule has 0 amide bonds. The van der Waals surface area contributed by atoms with Gasteiger partial charge in [-0.1, -0.05) is 6.07 Å². The maximum Gasteiger partial charge on any atom is 0.338 e. The van der Waals surface area contributed by atoms with Crippen LogP contribution in [0, 0.1) is 5.82 Å². The van der Waals surface area contributed by atoms with Gasteiger partial charge in [-0.3, -0.25) is 4.98 Å². The molecular weight excluding hydrogens is 391 g/mol. The van der Waals surface area contributed by atoms with Crippen molar-refractivity contribution in [3.05, 3.63) is 76.0 Å². The Balaban J connectivity index is 1.84. The first kappa shape index (κ1) is 20.8. The molecule has 1 N–H and O–H groups in total. The Labute approximate surface area is 173 Å². The summed E-state index contributed by atoms with van der Waals surface area (Å²) in [4.78, 5) is 17.3. The lowest BCUT2D eigenvalue weighted by Gasteiger charge is -2.21. The van der Waals surface area contributed by atoms with Crippen molar-refractivity contribution in [2.75, 3.05) is 12.4 Å². The summed E-state index contributed by atoms with van der Waals surface area (Å²) in [5, 5.41) is 3.39. The molecule has 0 bridgehead atoms. The molecule has 29 heavy (non-hydrogen) atoms. The zero-order chi connectivity index (χ0) is 21.0. The number of hydrogen-bond acceptors (Lipinski definition) is 6. The predicted octanol–water partition coefficient (Wildman–Crippen LogP) is 5.45. The maximum absolute atomic E-state index is 14.3. The molecule has 0 aliphatic heterocycles. The van der Waals surface area contributed by atoms with Gasteiger partial charge in [-0.25, -0.2) is 9.18 Å². The topological polar surface area (TPSA) is 60.5 Å². The van der Waals surface area contributed by atoms with Crippen LogP contribution in [0.4, 0.5) is 10.1 Å². The lowest BCUT2D eigenvalue weighted by molar-refractivity contribution is 0.00695. The second kappa shape index (κ2) is 8.61. The van der Waals surface area contributed by atoms with E-state index in [0.717, 1.165) is 16.1 Å². The Morgan fingerprint density at radius 2 is 1.90 bits per heavy atom. The summed E-state index contributed by atoms with van der Waals surface area (Å²) >= 11 is 1.47. The molecule has 3 rings (SSSR count). The second-order valence-corrected chi connectivity index (χ2v) is 8.37. The number of benzene rings is 2. The SMILES string of the molecule is COc1ccc(C(Nc2ccc(C(=O)OC(C)(C)C)cc2)c2cncs2)cc1F. The number of methoxy groups -OCH3 is 1. The van der Waals surface area contributed by atoms with Gasteiger partial charge in [-0.05, 0) is 62.7 Å². The average Bonchev–Trinajstić information content (AvgIpc) is 3.19. The van der Waals surface area contributed by atoms with Gasteiger partial charge in [0.2, 0.25) is 0 Å². The summed E-state index contributed by atoms with van der Waals surface area (Å²) in [5.41, 5.74) is 3.17. The number of anilines is 1. The average molecular weight is 415 g/mol. The van der Waals surface area contributed by atoms with Crippen LogP contribution in [0.5, 0.6) is 5.75 Å². The molecule has 0 fully saturated rings. The normalized spacial score (nSPS) is 12.3. The zero-order valence-electron chi connectivity index (χ0n) is 16.7. The Morgan fingerprint density at radius 3 is 2.45 bits per heavy atom. The van der Waals surface area contributed by atoms with E-state index >= 15 is 0 Å². The number of esters is 1. The smallest absolute Gasteiger partial charge is 0.338 e. The van der Waals surface area contributed by atoms with Crippen molar-refractivity contribution in [3.63, 3.8) is 0 Å². The fourth-order valence-electron chi connectivity index (χ4n) is 2.76. The van der Waals surface area contributed by atoms with Crippen molar-refractivity contribution in [2.24, 2.45) is 0 Å². The molecule has 2 aromatic carbocycles. The third-order valence-electron chi connectivity index (χ3n) is 4.08. The molecule has 0 saturated carbocycles. The molecular formula is C22H23FN2O3S. The van der Waals surface area contributed by atoms with Gasteiger partial charge in [-0.15, -0.1) is 11.3 Å². The van der Waals surface area contributed by atoms with Crippen LogP contribution in [-0.4, -0.2) is 23.7 Å². The molecule has 1 unspecified atom stereocenters. The number of thiazole rings is 1. The van der Waals surface area contributed by atoms with Gasteiger partial charge in [0.25, 0.3) is 0 Å². The second-order valence-electron chi connectivity index (χ2n) is 7.45. The van der Waals surface area contributed by atoms with Gasteiger partial charge in [-0.2, -0.15) is 0 Å². The van der Waals surface area contributed by atoms with Crippen molar-refractivity contribution in [1.82, 2.24) is 4.98 Å². The zero-order valence-corrected chi connectivity index (χ0v) is 17.5. The van der Waals surface area contributed by atoms with Gasteiger partial charge in [0.1, 0.15) is 5.60 Å². The van der Waals surface area contributed by atoms with Gasteiger partial charge in [0.05, 0.1) is 29.1 Å². The van der Waals surface area contributed by atoms with Gasteiger partial charge >= 0.3 is 5.97 Å². The van der Waals surface area contributed by atoms with E-state index in [1.54, 1.807) is 42.0 Å². The number of aromatic nitrogens is 1. The lowest BCUT2D eigenvalue weighted by atomic mass is 10.0. The third-order valence-corrected chi connectivity index (χ3v) is 4.92. The molecule has 0 saturated heterocycles. The number of ether oxygens (including phenoxy) is 2. The van der Waals surface area contributed by atoms with E-state index in [0.29, 0.717) is 5.56 Å². The molecule has 5 nitrogen and oxygen atoms in total. The van der Waals surface area contributed by atoms with Gasteiger partial charge < -0.3 is 14.8 Å². The number of rotatable bonds is 6. The summed E-state index contributed by atoms with van der Waals surface area (Å²) in [7, 11) is 1.43. The molecule has 7 heteroatoms. The van der Waals surface area contributed by atoms with E-state index in [-0.39, 0.29) is 17.8 Å². The van der Waals surface area contributed by atoms with Gasteiger partial charge in [0.15, 0.2) is 11.6 Å². The minimum Gasteiger partial charge on any atom is -0.494 e. The van der Waals surface area contributed by atoms with Crippen molar-refractivity contribution in [3.8, 4) is 5.75 Å².